The number of likely N-dealkylation sites (tertiary alicyclic amines) is 1. The molecule has 1 saturated heterocycles. The Balaban J connectivity index is 2.08. The summed E-state index contributed by atoms with van der Waals surface area (Å²) < 4.78 is 1.19. The minimum absolute atomic E-state index is 0.607. The summed E-state index contributed by atoms with van der Waals surface area (Å²) >= 11 is 3.65. The second-order valence-corrected chi connectivity index (χ2v) is 6.10. The van der Waals surface area contributed by atoms with E-state index in [9.17, 15) is 0 Å². The zero-order valence-electron chi connectivity index (χ0n) is 10.6. The highest BCUT2D eigenvalue weighted by Crippen LogP contribution is 2.27. The standard InChI is InChI=1S/C14H21BrN2/c1-10-5-11(2)17(8-10)9-13-4-3-12(7-16)6-14(13)15/h3-4,6,10-11H,5,7-9,16H2,1-2H3. The van der Waals surface area contributed by atoms with E-state index in [-0.39, 0.29) is 0 Å². The van der Waals surface area contributed by atoms with Crippen LogP contribution in [0.1, 0.15) is 31.4 Å². The summed E-state index contributed by atoms with van der Waals surface area (Å²) in [5.41, 5.74) is 8.19. The number of rotatable bonds is 3. The number of nitrogens with two attached hydrogens (primary N) is 1. The van der Waals surface area contributed by atoms with E-state index in [1.54, 1.807) is 0 Å². The Hall–Kier alpha value is -0.380. The quantitative estimate of drug-likeness (QED) is 0.928. The maximum atomic E-state index is 5.64. The largest absolute Gasteiger partial charge is 0.326 e. The summed E-state index contributed by atoms with van der Waals surface area (Å²) in [4.78, 5) is 2.56. The molecule has 2 rings (SSSR count). The van der Waals surface area contributed by atoms with Crippen molar-refractivity contribution in [2.24, 2.45) is 11.7 Å². The Morgan fingerprint density at radius 1 is 1.41 bits per heavy atom. The molecule has 94 valence electrons. The van der Waals surface area contributed by atoms with E-state index in [1.807, 2.05) is 0 Å². The van der Waals surface area contributed by atoms with Crippen LogP contribution >= 0.6 is 15.9 Å². The molecular weight excluding hydrogens is 276 g/mol. The fourth-order valence-corrected chi connectivity index (χ4v) is 3.22. The molecule has 0 aromatic heterocycles. The molecule has 0 aliphatic carbocycles. The Morgan fingerprint density at radius 3 is 2.71 bits per heavy atom. The minimum Gasteiger partial charge on any atom is -0.326 e. The molecule has 0 spiro atoms. The smallest absolute Gasteiger partial charge is 0.0247 e. The summed E-state index contributed by atoms with van der Waals surface area (Å²) in [5, 5.41) is 0. The molecule has 2 atom stereocenters. The normalized spacial score (nSPS) is 25.4. The van der Waals surface area contributed by atoms with Crippen LogP contribution in [0.25, 0.3) is 0 Å². The number of benzene rings is 1. The van der Waals surface area contributed by atoms with E-state index in [1.165, 1.54) is 28.6 Å². The van der Waals surface area contributed by atoms with Gasteiger partial charge in [-0.25, -0.2) is 0 Å². The van der Waals surface area contributed by atoms with E-state index >= 15 is 0 Å². The predicted octanol–water partition coefficient (Wildman–Crippen LogP) is 3.14. The van der Waals surface area contributed by atoms with Crippen molar-refractivity contribution in [2.75, 3.05) is 6.54 Å². The van der Waals surface area contributed by atoms with Crippen LogP contribution in [0.3, 0.4) is 0 Å². The number of hydrogen-bond acceptors (Lipinski definition) is 2. The lowest BCUT2D eigenvalue weighted by atomic mass is 10.1. The predicted molar refractivity (Wildman–Crippen MR) is 75.7 cm³/mol. The Bertz CT molecular complexity index is 392. The first kappa shape index (κ1) is 13.1. The maximum absolute atomic E-state index is 5.64. The molecule has 0 bridgehead atoms. The number of halogens is 1. The fourth-order valence-electron chi connectivity index (χ4n) is 2.67. The minimum atomic E-state index is 0.607. The molecule has 1 aromatic carbocycles. The lowest BCUT2D eigenvalue weighted by molar-refractivity contribution is 0.256. The molecule has 3 heteroatoms. The van der Waals surface area contributed by atoms with Gasteiger partial charge in [-0.15, -0.1) is 0 Å². The summed E-state index contributed by atoms with van der Waals surface area (Å²) in [6.45, 7) is 7.52. The first-order chi connectivity index (χ1) is 8.10. The topological polar surface area (TPSA) is 29.3 Å². The van der Waals surface area contributed by atoms with Gasteiger partial charge in [-0.3, -0.25) is 4.90 Å². The highest BCUT2D eigenvalue weighted by molar-refractivity contribution is 9.10. The lowest BCUT2D eigenvalue weighted by Gasteiger charge is -2.21. The third-order valence-electron chi connectivity index (χ3n) is 3.64. The highest BCUT2D eigenvalue weighted by Gasteiger charge is 2.26. The summed E-state index contributed by atoms with van der Waals surface area (Å²) in [7, 11) is 0. The van der Waals surface area contributed by atoms with E-state index in [0.29, 0.717) is 12.6 Å². The van der Waals surface area contributed by atoms with Crippen molar-refractivity contribution in [3.05, 3.63) is 33.8 Å². The van der Waals surface area contributed by atoms with Gasteiger partial charge in [0.05, 0.1) is 0 Å². The van der Waals surface area contributed by atoms with Gasteiger partial charge in [0.15, 0.2) is 0 Å². The van der Waals surface area contributed by atoms with Gasteiger partial charge >= 0.3 is 0 Å². The number of nitrogens with zero attached hydrogens (tertiary/aromatic N) is 1. The van der Waals surface area contributed by atoms with Crippen molar-refractivity contribution < 1.29 is 0 Å². The van der Waals surface area contributed by atoms with Crippen LogP contribution < -0.4 is 5.73 Å². The average molecular weight is 297 g/mol. The van der Waals surface area contributed by atoms with Crippen molar-refractivity contribution in [3.8, 4) is 0 Å². The second kappa shape index (κ2) is 5.51. The van der Waals surface area contributed by atoms with Crippen LogP contribution in [0.4, 0.5) is 0 Å². The zero-order valence-corrected chi connectivity index (χ0v) is 12.2. The SMILES string of the molecule is CC1CC(C)N(Cc2ccc(CN)cc2Br)C1. The molecule has 17 heavy (non-hydrogen) atoms. The average Bonchev–Trinajstić information content (AvgIpc) is 2.60. The van der Waals surface area contributed by atoms with Crippen LogP contribution in [0, 0.1) is 5.92 Å². The van der Waals surface area contributed by atoms with Crippen molar-refractivity contribution in [3.63, 3.8) is 0 Å². The lowest BCUT2D eigenvalue weighted by Crippen LogP contribution is -2.26. The van der Waals surface area contributed by atoms with Crippen LogP contribution in [0.5, 0.6) is 0 Å². The fraction of sp³-hybridized carbons (Fsp3) is 0.571. The van der Waals surface area contributed by atoms with Crippen molar-refractivity contribution in [1.29, 1.82) is 0 Å². The third-order valence-corrected chi connectivity index (χ3v) is 4.38. The Kier molecular flexibility index (Phi) is 4.23. The van der Waals surface area contributed by atoms with Crippen LogP contribution in [-0.4, -0.2) is 17.5 Å². The molecule has 1 fully saturated rings. The summed E-state index contributed by atoms with van der Waals surface area (Å²) in [5.74, 6) is 0.826. The van der Waals surface area contributed by atoms with Gasteiger partial charge in [-0.2, -0.15) is 0 Å². The summed E-state index contributed by atoms with van der Waals surface area (Å²) in [6.07, 6.45) is 1.32. The van der Waals surface area contributed by atoms with E-state index in [0.717, 1.165) is 12.5 Å². The van der Waals surface area contributed by atoms with Gasteiger partial charge in [0.1, 0.15) is 0 Å². The van der Waals surface area contributed by atoms with E-state index in [4.69, 9.17) is 5.73 Å². The first-order valence-corrected chi connectivity index (χ1v) is 7.11. The van der Waals surface area contributed by atoms with E-state index < -0.39 is 0 Å². The van der Waals surface area contributed by atoms with Crippen molar-refractivity contribution in [1.82, 2.24) is 4.90 Å². The molecule has 1 aliphatic rings. The van der Waals surface area contributed by atoms with Crippen LogP contribution in [-0.2, 0) is 13.1 Å². The molecule has 1 aromatic rings. The van der Waals surface area contributed by atoms with Crippen molar-refractivity contribution in [2.45, 2.75) is 39.4 Å². The molecule has 0 saturated carbocycles. The van der Waals surface area contributed by atoms with Crippen LogP contribution in [0.2, 0.25) is 0 Å². The van der Waals surface area contributed by atoms with Crippen molar-refractivity contribution >= 4 is 15.9 Å². The Labute approximate surface area is 112 Å². The molecule has 2 N–H and O–H groups in total. The second-order valence-electron chi connectivity index (χ2n) is 5.25. The third kappa shape index (κ3) is 3.09. The van der Waals surface area contributed by atoms with Gasteiger partial charge < -0.3 is 5.73 Å². The van der Waals surface area contributed by atoms with Gasteiger partial charge in [-0.1, -0.05) is 35.0 Å². The molecule has 1 heterocycles. The van der Waals surface area contributed by atoms with Gasteiger partial charge in [-0.05, 0) is 36.5 Å². The highest BCUT2D eigenvalue weighted by atomic mass is 79.9. The van der Waals surface area contributed by atoms with Gasteiger partial charge in [0.25, 0.3) is 0 Å². The van der Waals surface area contributed by atoms with Gasteiger partial charge in [0.2, 0.25) is 0 Å². The van der Waals surface area contributed by atoms with E-state index in [2.05, 4.69) is 52.9 Å². The molecule has 2 unspecified atom stereocenters. The van der Waals surface area contributed by atoms with Crippen LogP contribution in [0.15, 0.2) is 22.7 Å². The molecule has 2 nitrogen and oxygen atoms in total. The monoisotopic (exact) mass is 296 g/mol. The first-order valence-electron chi connectivity index (χ1n) is 6.31. The molecule has 1 aliphatic heterocycles. The molecule has 0 radical (unpaired) electrons. The number of hydrogen-bond donors (Lipinski definition) is 1. The molecular formula is C14H21BrN2. The Morgan fingerprint density at radius 2 is 2.18 bits per heavy atom. The van der Waals surface area contributed by atoms with Gasteiger partial charge in [0, 0.05) is 30.1 Å². The zero-order chi connectivity index (χ0) is 12.4. The maximum Gasteiger partial charge on any atom is 0.0247 e. The summed E-state index contributed by atoms with van der Waals surface area (Å²) in [6, 6.07) is 7.16. The molecule has 0 amide bonds.